The van der Waals surface area contributed by atoms with E-state index in [1.54, 1.807) is 24.3 Å². The molecule has 0 aliphatic rings. The number of benzene rings is 2. The van der Waals surface area contributed by atoms with Crippen molar-refractivity contribution in [2.45, 2.75) is 32.9 Å². The molecule has 5 nitrogen and oxygen atoms in total. The molecule has 3 N–H and O–H groups in total. The molecule has 0 radical (unpaired) electrons. The van der Waals surface area contributed by atoms with Gasteiger partial charge in [0.2, 0.25) is 5.91 Å². The van der Waals surface area contributed by atoms with E-state index < -0.39 is 12.1 Å². The maximum atomic E-state index is 12.6. The molecule has 0 aromatic heterocycles. The van der Waals surface area contributed by atoms with E-state index in [1.807, 2.05) is 51.1 Å². The molecule has 2 aromatic carbocycles. The summed E-state index contributed by atoms with van der Waals surface area (Å²) < 4.78 is 0. The Kier molecular flexibility index (Phi) is 7.04. The summed E-state index contributed by atoms with van der Waals surface area (Å²) in [6.07, 6.45) is 0. The topological polar surface area (TPSA) is 70.2 Å². The average molecular weight is 374 g/mol. The molecule has 2 rings (SSSR count). The summed E-state index contributed by atoms with van der Waals surface area (Å²) in [6, 6.07) is 15.1. The van der Waals surface area contributed by atoms with Crippen molar-refractivity contribution >= 4 is 29.2 Å². The SMILES string of the molecule is CC(NC(=O)C(NC(=O)Nc1ccccc1)C(C)C)c1ccc(Cl)cc1. The highest BCUT2D eigenvalue weighted by atomic mass is 35.5. The molecule has 6 heteroatoms. The van der Waals surface area contributed by atoms with E-state index in [1.165, 1.54) is 0 Å². The minimum atomic E-state index is -0.645. The predicted molar refractivity (Wildman–Crippen MR) is 105 cm³/mol. The van der Waals surface area contributed by atoms with Gasteiger partial charge in [-0.05, 0) is 42.7 Å². The fourth-order valence-electron chi connectivity index (χ4n) is 2.50. The molecule has 138 valence electrons. The lowest BCUT2D eigenvalue weighted by molar-refractivity contribution is -0.124. The van der Waals surface area contributed by atoms with E-state index in [2.05, 4.69) is 16.0 Å². The maximum absolute atomic E-state index is 12.6. The Morgan fingerprint density at radius 3 is 2.08 bits per heavy atom. The molecule has 0 saturated carbocycles. The zero-order valence-electron chi connectivity index (χ0n) is 15.1. The molecule has 0 aliphatic carbocycles. The van der Waals surface area contributed by atoms with Gasteiger partial charge in [0.05, 0.1) is 6.04 Å². The normalized spacial score (nSPS) is 13.0. The number of nitrogens with one attached hydrogen (secondary N) is 3. The van der Waals surface area contributed by atoms with Crippen molar-refractivity contribution in [3.63, 3.8) is 0 Å². The predicted octanol–water partition coefficient (Wildman–Crippen LogP) is 4.36. The standard InChI is InChI=1S/C20H24ClN3O2/c1-13(2)18(24-20(26)23-17-7-5-4-6-8-17)19(25)22-14(3)15-9-11-16(21)12-10-15/h4-14,18H,1-3H3,(H,22,25)(H2,23,24,26). The average Bonchev–Trinajstić information content (AvgIpc) is 2.60. The molecular formula is C20H24ClN3O2. The Hall–Kier alpha value is -2.53. The Morgan fingerprint density at radius 2 is 1.50 bits per heavy atom. The molecule has 26 heavy (non-hydrogen) atoms. The molecular weight excluding hydrogens is 350 g/mol. The van der Waals surface area contributed by atoms with Gasteiger partial charge in [-0.2, -0.15) is 0 Å². The van der Waals surface area contributed by atoms with Crippen LogP contribution in [0.4, 0.5) is 10.5 Å². The van der Waals surface area contributed by atoms with Gasteiger partial charge >= 0.3 is 6.03 Å². The number of anilines is 1. The fraction of sp³-hybridized carbons (Fsp3) is 0.300. The zero-order chi connectivity index (χ0) is 19.1. The van der Waals surface area contributed by atoms with E-state index in [-0.39, 0.29) is 17.9 Å². The quantitative estimate of drug-likeness (QED) is 0.703. The molecule has 2 unspecified atom stereocenters. The minimum absolute atomic E-state index is 0.0612. The van der Waals surface area contributed by atoms with Crippen LogP contribution >= 0.6 is 11.6 Å². The van der Waals surface area contributed by atoms with Crippen molar-refractivity contribution in [2.75, 3.05) is 5.32 Å². The van der Waals surface area contributed by atoms with Gasteiger partial charge in [-0.3, -0.25) is 4.79 Å². The van der Waals surface area contributed by atoms with Gasteiger partial charge in [-0.25, -0.2) is 4.79 Å². The van der Waals surface area contributed by atoms with Gasteiger partial charge in [0.1, 0.15) is 6.04 Å². The first-order valence-electron chi connectivity index (χ1n) is 8.55. The Bertz CT molecular complexity index is 732. The molecule has 3 amide bonds. The first kappa shape index (κ1) is 19.8. The second kappa shape index (κ2) is 9.25. The third-order valence-corrected chi connectivity index (χ3v) is 4.25. The Morgan fingerprint density at radius 1 is 0.885 bits per heavy atom. The van der Waals surface area contributed by atoms with Crippen molar-refractivity contribution < 1.29 is 9.59 Å². The van der Waals surface area contributed by atoms with Crippen molar-refractivity contribution in [1.29, 1.82) is 0 Å². The molecule has 2 aromatic rings. The summed E-state index contributed by atoms with van der Waals surface area (Å²) in [7, 11) is 0. The summed E-state index contributed by atoms with van der Waals surface area (Å²) in [5.41, 5.74) is 1.61. The van der Waals surface area contributed by atoms with Crippen LogP contribution in [0.15, 0.2) is 54.6 Å². The summed E-state index contributed by atoms with van der Waals surface area (Å²) in [6.45, 7) is 5.67. The number of carbonyl (C=O) groups is 2. The summed E-state index contributed by atoms with van der Waals surface area (Å²) >= 11 is 5.90. The van der Waals surface area contributed by atoms with Gasteiger partial charge in [0.15, 0.2) is 0 Å². The first-order chi connectivity index (χ1) is 12.4. The molecule has 0 heterocycles. The Labute approximate surface area is 159 Å². The highest BCUT2D eigenvalue weighted by Crippen LogP contribution is 2.16. The minimum Gasteiger partial charge on any atom is -0.348 e. The van der Waals surface area contributed by atoms with E-state index in [4.69, 9.17) is 11.6 Å². The van der Waals surface area contributed by atoms with Crippen LogP contribution < -0.4 is 16.0 Å². The van der Waals surface area contributed by atoms with Crippen LogP contribution in [-0.4, -0.2) is 18.0 Å². The summed E-state index contributed by atoms with van der Waals surface area (Å²) in [5, 5.41) is 9.06. The summed E-state index contributed by atoms with van der Waals surface area (Å²) in [5.74, 6) is -0.292. The van der Waals surface area contributed by atoms with Crippen LogP contribution in [0.2, 0.25) is 5.02 Å². The van der Waals surface area contributed by atoms with Crippen molar-refractivity contribution in [3.05, 3.63) is 65.2 Å². The number of rotatable bonds is 6. The number of carbonyl (C=O) groups excluding carboxylic acids is 2. The number of urea groups is 1. The van der Waals surface area contributed by atoms with Crippen LogP contribution in [0.5, 0.6) is 0 Å². The van der Waals surface area contributed by atoms with Crippen LogP contribution in [-0.2, 0) is 4.79 Å². The van der Waals surface area contributed by atoms with E-state index in [9.17, 15) is 9.59 Å². The summed E-state index contributed by atoms with van der Waals surface area (Å²) in [4.78, 5) is 24.9. The van der Waals surface area contributed by atoms with Crippen LogP contribution in [0.1, 0.15) is 32.4 Å². The second-order valence-corrected chi connectivity index (χ2v) is 6.90. The van der Waals surface area contributed by atoms with Crippen LogP contribution in [0.25, 0.3) is 0 Å². The fourth-order valence-corrected chi connectivity index (χ4v) is 2.63. The maximum Gasteiger partial charge on any atom is 0.319 e. The van der Waals surface area contributed by atoms with Crippen LogP contribution in [0, 0.1) is 5.92 Å². The third-order valence-electron chi connectivity index (χ3n) is 4.00. The third kappa shape index (κ3) is 5.77. The lowest BCUT2D eigenvalue weighted by Gasteiger charge is -2.24. The van der Waals surface area contributed by atoms with Gasteiger partial charge in [0, 0.05) is 10.7 Å². The van der Waals surface area contributed by atoms with Crippen molar-refractivity contribution in [3.8, 4) is 0 Å². The van der Waals surface area contributed by atoms with Crippen molar-refractivity contribution in [2.24, 2.45) is 5.92 Å². The highest BCUT2D eigenvalue weighted by molar-refractivity contribution is 6.30. The lowest BCUT2D eigenvalue weighted by atomic mass is 10.0. The van der Waals surface area contributed by atoms with Crippen molar-refractivity contribution in [1.82, 2.24) is 10.6 Å². The van der Waals surface area contributed by atoms with E-state index in [0.717, 1.165) is 5.56 Å². The molecule has 0 bridgehead atoms. The van der Waals surface area contributed by atoms with Gasteiger partial charge in [-0.15, -0.1) is 0 Å². The second-order valence-electron chi connectivity index (χ2n) is 6.47. The monoisotopic (exact) mass is 373 g/mol. The molecule has 2 atom stereocenters. The largest absolute Gasteiger partial charge is 0.348 e. The van der Waals surface area contributed by atoms with Crippen LogP contribution in [0.3, 0.4) is 0 Å². The number of hydrogen-bond donors (Lipinski definition) is 3. The first-order valence-corrected chi connectivity index (χ1v) is 8.93. The lowest BCUT2D eigenvalue weighted by Crippen LogP contribution is -2.51. The number of halogens is 1. The number of hydrogen-bond acceptors (Lipinski definition) is 2. The molecule has 0 aliphatic heterocycles. The van der Waals surface area contributed by atoms with Gasteiger partial charge < -0.3 is 16.0 Å². The Balaban J connectivity index is 1.98. The molecule has 0 saturated heterocycles. The molecule has 0 fully saturated rings. The molecule has 0 spiro atoms. The smallest absolute Gasteiger partial charge is 0.319 e. The van der Waals surface area contributed by atoms with E-state index in [0.29, 0.717) is 10.7 Å². The number of para-hydroxylation sites is 1. The highest BCUT2D eigenvalue weighted by Gasteiger charge is 2.25. The zero-order valence-corrected chi connectivity index (χ0v) is 15.9. The number of amides is 3. The van der Waals surface area contributed by atoms with Gasteiger partial charge in [-0.1, -0.05) is 55.8 Å². The van der Waals surface area contributed by atoms with E-state index >= 15 is 0 Å². The van der Waals surface area contributed by atoms with Gasteiger partial charge in [0.25, 0.3) is 0 Å².